The van der Waals surface area contributed by atoms with Gasteiger partial charge < -0.3 is 9.30 Å². The minimum Gasteiger partial charge on any atom is -0.406 e. The molecule has 1 aliphatic rings. The molecule has 1 aliphatic heterocycles. The molecule has 1 atom stereocenters. The van der Waals surface area contributed by atoms with Gasteiger partial charge in [0.15, 0.2) is 0 Å². The Balaban J connectivity index is 1.41. The number of imidazole rings is 1. The van der Waals surface area contributed by atoms with Crippen molar-refractivity contribution in [3.63, 3.8) is 0 Å². The fourth-order valence-corrected chi connectivity index (χ4v) is 4.72. The van der Waals surface area contributed by atoms with Crippen molar-refractivity contribution in [2.45, 2.75) is 45.6 Å². The first-order chi connectivity index (χ1) is 15.2. The van der Waals surface area contributed by atoms with Crippen LogP contribution in [-0.4, -0.2) is 34.4 Å². The van der Waals surface area contributed by atoms with E-state index >= 15 is 0 Å². The lowest BCUT2D eigenvalue weighted by molar-refractivity contribution is -0.274. The zero-order valence-corrected chi connectivity index (χ0v) is 19.4. The molecule has 4 rings (SSSR count). The van der Waals surface area contributed by atoms with Crippen LogP contribution in [0.4, 0.5) is 13.2 Å². The van der Waals surface area contributed by atoms with E-state index in [2.05, 4.69) is 42.6 Å². The summed E-state index contributed by atoms with van der Waals surface area (Å²) in [5.41, 5.74) is 5.68. The third kappa shape index (κ3) is 5.16. The average molecular weight is 461 g/mol. The van der Waals surface area contributed by atoms with Gasteiger partial charge in [-0.05, 0) is 79.5 Å². The van der Waals surface area contributed by atoms with Gasteiger partial charge in [-0.3, -0.25) is 4.90 Å². The highest BCUT2D eigenvalue weighted by atomic mass is 31.0. The lowest BCUT2D eigenvalue weighted by Gasteiger charge is -2.21. The van der Waals surface area contributed by atoms with Gasteiger partial charge in [-0.25, -0.2) is 4.98 Å². The fourth-order valence-electron chi connectivity index (χ4n) is 4.36. The quantitative estimate of drug-likeness (QED) is 0.447. The van der Waals surface area contributed by atoms with Crippen LogP contribution in [0.15, 0.2) is 42.5 Å². The lowest BCUT2D eigenvalue weighted by Crippen LogP contribution is -2.23. The molecular formula is C24H27F3N3OP. The summed E-state index contributed by atoms with van der Waals surface area (Å²) in [6.45, 7) is 4.50. The molecule has 4 nitrogen and oxygen atoms in total. The molecular weight excluding hydrogens is 434 g/mol. The molecule has 1 aromatic heterocycles. The summed E-state index contributed by atoms with van der Waals surface area (Å²) in [5.74, 6) is 0.872. The van der Waals surface area contributed by atoms with Crippen molar-refractivity contribution in [1.29, 1.82) is 0 Å². The van der Waals surface area contributed by atoms with Gasteiger partial charge in [-0.1, -0.05) is 18.2 Å². The van der Waals surface area contributed by atoms with Crippen LogP contribution in [0.3, 0.4) is 0 Å². The Morgan fingerprint density at radius 1 is 1.25 bits per heavy atom. The summed E-state index contributed by atoms with van der Waals surface area (Å²) in [6, 6.07) is 10.4. The molecule has 0 N–H and O–H groups in total. The maximum atomic E-state index is 12.4. The highest BCUT2D eigenvalue weighted by Crippen LogP contribution is 2.28. The van der Waals surface area contributed by atoms with Crippen molar-refractivity contribution >= 4 is 31.2 Å². The predicted molar refractivity (Wildman–Crippen MR) is 125 cm³/mol. The molecule has 0 saturated heterocycles. The SMILES string of the molecule is C/C=C(\CCN(C)Cc1nc2cc(P)cc3c2n1CCC3)c1ccc(OC(F)(F)F)cc1. The first kappa shape index (κ1) is 22.8. The average Bonchev–Trinajstić information content (AvgIpc) is 3.06. The Morgan fingerprint density at radius 2 is 2.00 bits per heavy atom. The van der Waals surface area contributed by atoms with Crippen molar-refractivity contribution < 1.29 is 17.9 Å². The van der Waals surface area contributed by atoms with Crippen LogP contribution in [0.2, 0.25) is 0 Å². The molecule has 0 saturated carbocycles. The largest absolute Gasteiger partial charge is 0.573 e. The van der Waals surface area contributed by atoms with Gasteiger partial charge in [-0.15, -0.1) is 22.4 Å². The van der Waals surface area contributed by atoms with E-state index in [0.717, 1.165) is 61.4 Å². The number of nitrogens with zero attached hydrogens (tertiary/aromatic N) is 3. The summed E-state index contributed by atoms with van der Waals surface area (Å²) in [5, 5.41) is 1.17. The molecule has 2 aromatic carbocycles. The minimum atomic E-state index is -4.68. The van der Waals surface area contributed by atoms with E-state index < -0.39 is 6.36 Å². The topological polar surface area (TPSA) is 30.3 Å². The second kappa shape index (κ2) is 9.24. The summed E-state index contributed by atoms with van der Waals surface area (Å²) in [6.07, 6.45) is 0.335. The van der Waals surface area contributed by atoms with Crippen molar-refractivity contribution in [3.05, 3.63) is 59.4 Å². The third-order valence-corrected chi connectivity index (χ3v) is 6.16. The number of hydrogen-bond acceptors (Lipinski definition) is 3. The van der Waals surface area contributed by atoms with Crippen LogP contribution in [0, 0.1) is 0 Å². The summed E-state index contributed by atoms with van der Waals surface area (Å²) in [7, 11) is 4.85. The first-order valence-corrected chi connectivity index (χ1v) is 11.3. The Bertz CT molecular complexity index is 1140. The van der Waals surface area contributed by atoms with Crippen LogP contribution >= 0.6 is 9.24 Å². The van der Waals surface area contributed by atoms with E-state index in [4.69, 9.17) is 4.98 Å². The van der Waals surface area contributed by atoms with Gasteiger partial charge in [0, 0.05) is 13.1 Å². The highest BCUT2D eigenvalue weighted by Gasteiger charge is 2.31. The van der Waals surface area contributed by atoms with Crippen molar-refractivity contribution in [2.24, 2.45) is 0 Å². The van der Waals surface area contributed by atoms with Crippen LogP contribution < -0.4 is 10.0 Å². The highest BCUT2D eigenvalue weighted by molar-refractivity contribution is 7.27. The maximum Gasteiger partial charge on any atom is 0.573 e. The van der Waals surface area contributed by atoms with E-state index in [9.17, 15) is 13.2 Å². The number of benzene rings is 2. The van der Waals surface area contributed by atoms with E-state index in [1.807, 2.05) is 13.0 Å². The first-order valence-electron chi connectivity index (χ1n) is 10.7. The Kier molecular flexibility index (Phi) is 6.59. The number of halogens is 3. The number of hydrogen-bond donors (Lipinski definition) is 0. The van der Waals surface area contributed by atoms with Crippen LogP contribution in [-0.2, 0) is 19.5 Å². The molecule has 0 spiro atoms. The normalized spacial score (nSPS) is 14.4. The van der Waals surface area contributed by atoms with Crippen LogP contribution in [0.5, 0.6) is 5.75 Å². The Hall–Kier alpha value is -2.37. The lowest BCUT2D eigenvalue weighted by atomic mass is 10.0. The van der Waals surface area contributed by atoms with Gasteiger partial charge in [-0.2, -0.15) is 0 Å². The number of alkyl halides is 3. The fraction of sp³-hybridized carbons (Fsp3) is 0.375. The van der Waals surface area contributed by atoms with Crippen molar-refractivity contribution in [2.75, 3.05) is 13.6 Å². The monoisotopic (exact) mass is 461 g/mol. The van der Waals surface area contributed by atoms with Gasteiger partial charge in [0.1, 0.15) is 11.6 Å². The van der Waals surface area contributed by atoms with Gasteiger partial charge in [0.2, 0.25) is 0 Å². The Labute approximate surface area is 188 Å². The summed E-state index contributed by atoms with van der Waals surface area (Å²) >= 11 is 0. The second-order valence-electron chi connectivity index (χ2n) is 8.20. The third-order valence-electron chi connectivity index (χ3n) is 5.83. The maximum absolute atomic E-state index is 12.4. The van der Waals surface area contributed by atoms with E-state index in [0.29, 0.717) is 0 Å². The molecule has 0 radical (unpaired) electrons. The number of rotatable bonds is 7. The second-order valence-corrected chi connectivity index (χ2v) is 8.87. The molecule has 2 heterocycles. The minimum absolute atomic E-state index is 0.206. The van der Waals surface area contributed by atoms with Crippen LogP contribution in [0.1, 0.15) is 36.7 Å². The predicted octanol–water partition coefficient (Wildman–Crippen LogP) is 5.31. The van der Waals surface area contributed by atoms with Gasteiger partial charge in [0.25, 0.3) is 0 Å². The Morgan fingerprint density at radius 3 is 2.69 bits per heavy atom. The zero-order valence-electron chi connectivity index (χ0n) is 18.2. The molecule has 3 aromatic rings. The number of ether oxygens (including phenoxy) is 1. The van der Waals surface area contributed by atoms with Gasteiger partial charge in [0.05, 0.1) is 17.6 Å². The van der Waals surface area contributed by atoms with Crippen LogP contribution in [0.25, 0.3) is 16.6 Å². The smallest absolute Gasteiger partial charge is 0.406 e. The van der Waals surface area contributed by atoms with E-state index in [1.165, 1.54) is 28.5 Å². The molecule has 8 heteroatoms. The number of aryl methyl sites for hydroxylation is 2. The van der Waals surface area contributed by atoms with Crippen molar-refractivity contribution in [3.8, 4) is 5.75 Å². The molecule has 0 amide bonds. The zero-order chi connectivity index (χ0) is 22.9. The van der Waals surface area contributed by atoms with Crippen molar-refractivity contribution in [1.82, 2.24) is 14.5 Å². The molecule has 1 unspecified atom stereocenters. The number of aromatic nitrogens is 2. The summed E-state index contributed by atoms with van der Waals surface area (Å²) < 4.78 is 43.4. The molecule has 0 fully saturated rings. The molecule has 32 heavy (non-hydrogen) atoms. The molecule has 0 bridgehead atoms. The number of allylic oxidation sites excluding steroid dienone is 1. The molecule has 0 aliphatic carbocycles. The molecule has 170 valence electrons. The summed E-state index contributed by atoms with van der Waals surface area (Å²) in [4.78, 5) is 7.16. The van der Waals surface area contributed by atoms with Gasteiger partial charge >= 0.3 is 6.36 Å². The standard InChI is InChI=1S/C24H27F3N3OP/c1-3-16(17-6-8-19(9-7-17)31-24(25,26)27)10-12-29(2)15-22-28-21-14-20(32)13-18-5-4-11-30(22)23(18)21/h3,6-9,13-14H,4-5,10-12,15,32H2,1-2H3/b16-3+. The van der Waals surface area contributed by atoms with E-state index in [-0.39, 0.29) is 5.75 Å². The van der Waals surface area contributed by atoms with E-state index in [1.54, 1.807) is 12.1 Å².